The van der Waals surface area contributed by atoms with Gasteiger partial charge in [0.25, 0.3) is 0 Å². The lowest BCUT2D eigenvalue weighted by atomic mass is 9.98. The molecular weight excluding hydrogens is 318 g/mol. The Morgan fingerprint density at radius 3 is 2.85 bits per heavy atom. The fourth-order valence-electron chi connectivity index (χ4n) is 2.19. The van der Waals surface area contributed by atoms with E-state index in [1.54, 1.807) is 7.05 Å². The number of aromatic nitrogens is 4. The number of halogens is 1. The van der Waals surface area contributed by atoms with E-state index < -0.39 is 0 Å². The predicted octanol–water partition coefficient (Wildman–Crippen LogP) is 2.56. The monoisotopic (exact) mass is 337 g/mol. The van der Waals surface area contributed by atoms with E-state index in [-0.39, 0.29) is 6.04 Å². The number of rotatable bonds is 6. The molecule has 1 aromatic heterocycles. The SMILES string of the molecule is CCCNC(Cc1nnn(C)n1)c1cc(Br)ccc1C. The molecule has 2 aromatic rings. The van der Waals surface area contributed by atoms with E-state index in [4.69, 9.17) is 0 Å². The van der Waals surface area contributed by atoms with Crippen LogP contribution in [0, 0.1) is 6.92 Å². The molecule has 1 N–H and O–H groups in total. The third-order valence-electron chi connectivity index (χ3n) is 3.19. The van der Waals surface area contributed by atoms with Crippen molar-refractivity contribution < 1.29 is 0 Å². The van der Waals surface area contributed by atoms with Crippen LogP contribution in [-0.2, 0) is 13.5 Å². The van der Waals surface area contributed by atoms with Crippen molar-refractivity contribution in [3.05, 3.63) is 39.6 Å². The molecule has 0 aliphatic heterocycles. The van der Waals surface area contributed by atoms with Crippen LogP contribution in [0.2, 0.25) is 0 Å². The summed E-state index contributed by atoms with van der Waals surface area (Å²) in [5.74, 6) is 0.764. The Balaban J connectivity index is 2.24. The Bertz CT molecular complexity index is 566. The van der Waals surface area contributed by atoms with Gasteiger partial charge < -0.3 is 5.32 Å². The van der Waals surface area contributed by atoms with E-state index >= 15 is 0 Å². The Hall–Kier alpha value is -1.27. The zero-order valence-corrected chi connectivity index (χ0v) is 13.7. The molecule has 0 saturated carbocycles. The summed E-state index contributed by atoms with van der Waals surface area (Å²) in [7, 11) is 1.79. The van der Waals surface area contributed by atoms with Gasteiger partial charge in [-0.3, -0.25) is 0 Å². The molecule has 0 radical (unpaired) electrons. The summed E-state index contributed by atoms with van der Waals surface area (Å²) in [6, 6.07) is 6.57. The zero-order valence-electron chi connectivity index (χ0n) is 12.1. The summed E-state index contributed by atoms with van der Waals surface area (Å²) in [6.45, 7) is 5.27. The van der Waals surface area contributed by atoms with E-state index in [9.17, 15) is 0 Å². The van der Waals surface area contributed by atoms with Crippen LogP contribution < -0.4 is 5.32 Å². The van der Waals surface area contributed by atoms with Crippen molar-refractivity contribution in [1.82, 2.24) is 25.5 Å². The quantitative estimate of drug-likeness (QED) is 0.880. The van der Waals surface area contributed by atoms with Crippen LogP contribution in [0.4, 0.5) is 0 Å². The number of benzene rings is 1. The van der Waals surface area contributed by atoms with Gasteiger partial charge in [-0.05, 0) is 48.4 Å². The largest absolute Gasteiger partial charge is 0.310 e. The second-order valence-corrected chi connectivity index (χ2v) is 5.82. The molecule has 108 valence electrons. The molecule has 20 heavy (non-hydrogen) atoms. The van der Waals surface area contributed by atoms with E-state index in [1.807, 2.05) is 0 Å². The van der Waals surface area contributed by atoms with Crippen LogP contribution in [0.3, 0.4) is 0 Å². The van der Waals surface area contributed by atoms with E-state index in [0.717, 1.165) is 29.7 Å². The zero-order chi connectivity index (χ0) is 14.5. The van der Waals surface area contributed by atoms with Crippen LogP contribution in [-0.4, -0.2) is 26.8 Å². The van der Waals surface area contributed by atoms with Crippen molar-refractivity contribution in [2.75, 3.05) is 6.54 Å². The van der Waals surface area contributed by atoms with Crippen LogP contribution >= 0.6 is 15.9 Å². The maximum atomic E-state index is 4.28. The van der Waals surface area contributed by atoms with E-state index in [2.05, 4.69) is 68.7 Å². The highest BCUT2D eigenvalue weighted by Gasteiger charge is 2.16. The Morgan fingerprint density at radius 2 is 2.20 bits per heavy atom. The summed E-state index contributed by atoms with van der Waals surface area (Å²) >= 11 is 3.55. The summed E-state index contributed by atoms with van der Waals surface area (Å²) in [4.78, 5) is 1.50. The first-order chi connectivity index (χ1) is 9.60. The molecule has 5 nitrogen and oxygen atoms in total. The second-order valence-electron chi connectivity index (χ2n) is 4.91. The summed E-state index contributed by atoms with van der Waals surface area (Å²) < 4.78 is 1.09. The molecule has 1 unspecified atom stereocenters. The van der Waals surface area contributed by atoms with Crippen molar-refractivity contribution in [2.45, 2.75) is 32.7 Å². The molecule has 1 atom stereocenters. The summed E-state index contributed by atoms with van der Waals surface area (Å²) in [5.41, 5.74) is 2.55. The minimum Gasteiger partial charge on any atom is -0.310 e. The van der Waals surface area contributed by atoms with Gasteiger partial charge in [-0.25, -0.2) is 0 Å². The van der Waals surface area contributed by atoms with Crippen LogP contribution in [0.5, 0.6) is 0 Å². The molecule has 1 aromatic carbocycles. The van der Waals surface area contributed by atoms with Gasteiger partial charge in [0.05, 0.1) is 7.05 Å². The molecule has 6 heteroatoms. The highest BCUT2D eigenvalue weighted by atomic mass is 79.9. The third-order valence-corrected chi connectivity index (χ3v) is 3.69. The predicted molar refractivity (Wildman–Crippen MR) is 82.4 cm³/mol. The first kappa shape index (κ1) is 15.1. The van der Waals surface area contributed by atoms with Crippen molar-refractivity contribution in [2.24, 2.45) is 7.05 Å². The van der Waals surface area contributed by atoms with E-state index in [1.165, 1.54) is 15.9 Å². The van der Waals surface area contributed by atoms with Crippen LogP contribution in [0.1, 0.15) is 36.3 Å². The number of aryl methyl sites for hydroxylation is 2. The molecule has 0 spiro atoms. The van der Waals surface area contributed by atoms with Crippen LogP contribution in [0.15, 0.2) is 22.7 Å². The van der Waals surface area contributed by atoms with Gasteiger partial charge in [-0.1, -0.05) is 28.9 Å². The standard InChI is InChI=1S/C14H20BrN5/c1-4-7-16-13(9-14-17-19-20(3)18-14)12-8-11(15)6-5-10(12)2/h5-6,8,13,16H,4,7,9H2,1-3H3. The first-order valence-corrected chi connectivity index (χ1v) is 7.61. The minimum atomic E-state index is 0.205. The lowest BCUT2D eigenvalue weighted by Crippen LogP contribution is -2.25. The molecule has 0 fully saturated rings. The molecule has 0 bridgehead atoms. The van der Waals surface area contributed by atoms with Crippen LogP contribution in [0.25, 0.3) is 0 Å². The van der Waals surface area contributed by atoms with Gasteiger partial charge in [-0.2, -0.15) is 4.80 Å². The molecule has 0 amide bonds. The van der Waals surface area contributed by atoms with Crippen molar-refractivity contribution in [3.8, 4) is 0 Å². The summed E-state index contributed by atoms with van der Waals surface area (Å²) in [5, 5.41) is 15.8. The average Bonchev–Trinajstić information content (AvgIpc) is 2.83. The normalized spacial score (nSPS) is 12.6. The Labute approximate surface area is 127 Å². The van der Waals surface area contributed by atoms with Gasteiger partial charge in [-0.15, -0.1) is 10.2 Å². The van der Waals surface area contributed by atoms with Crippen molar-refractivity contribution in [1.29, 1.82) is 0 Å². The molecule has 0 aliphatic carbocycles. The molecule has 0 saturated heterocycles. The molecular formula is C14H20BrN5. The highest BCUT2D eigenvalue weighted by Crippen LogP contribution is 2.24. The highest BCUT2D eigenvalue weighted by molar-refractivity contribution is 9.10. The molecule has 2 rings (SSSR count). The maximum Gasteiger partial charge on any atom is 0.176 e. The van der Waals surface area contributed by atoms with Crippen molar-refractivity contribution >= 4 is 15.9 Å². The fourth-order valence-corrected chi connectivity index (χ4v) is 2.56. The van der Waals surface area contributed by atoms with Crippen molar-refractivity contribution in [3.63, 3.8) is 0 Å². The van der Waals surface area contributed by atoms with Gasteiger partial charge >= 0.3 is 0 Å². The summed E-state index contributed by atoms with van der Waals surface area (Å²) in [6.07, 6.45) is 1.84. The van der Waals surface area contributed by atoms with Gasteiger partial charge in [0.15, 0.2) is 5.82 Å². The molecule has 1 heterocycles. The number of nitrogens with zero attached hydrogens (tertiary/aromatic N) is 4. The average molecular weight is 338 g/mol. The number of hydrogen-bond donors (Lipinski definition) is 1. The number of tetrazole rings is 1. The minimum absolute atomic E-state index is 0.205. The Kier molecular flexibility index (Phi) is 5.25. The third kappa shape index (κ3) is 3.86. The fraction of sp³-hybridized carbons (Fsp3) is 0.500. The smallest absolute Gasteiger partial charge is 0.176 e. The lowest BCUT2D eigenvalue weighted by Gasteiger charge is -2.20. The Morgan fingerprint density at radius 1 is 1.40 bits per heavy atom. The first-order valence-electron chi connectivity index (χ1n) is 6.82. The number of hydrogen-bond acceptors (Lipinski definition) is 4. The van der Waals surface area contributed by atoms with E-state index in [0.29, 0.717) is 0 Å². The number of nitrogens with one attached hydrogen (secondary N) is 1. The maximum absolute atomic E-state index is 4.28. The topological polar surface area (TPSA) is 55.6 Å². The lowest BCUT2D eigenvalue weighted by molar-refractivity contribution is 0.514. The van der Waals surface area contributed by atoms with Gasteiger partial charge in [0.1, 0.15) is 0 Å². The van der Waals surface area contributed by atoms with Gasteiger partial charge in [0, 0.05) is 16.9 Å². The second kappa shape index (κ2) is 6.95. The molecule has 0 aliphatic rings. The van der Waals surface area contributed by atoms with Gasteiger partial charge in [0.2, 0.25) is 0 Å².